The van der Waals surface area contributed by atoms with Crippen molar-refractivity contribution < 1.29 is 23.8 Å². The van der Waals surface area contributed by atoms with Gasteiger partial charge in [0.15, 0.2) is 5.78 Å². The van der Waals surface area contributed by atoms with E-state index in [2.05, 4.69) is 0 Å². The van der Waals surface area contributed by atoms with Crippen LogP contribution in [0, 0.1) is 0 Å². The number of rotatable bonds is 6. The molecule has 2 unspecified atom stereocenters. The Kier molecular flexibility index (Phi) is 5.53. The number of hydrogen-bond donors (Lipinski definition) is 0. The zero-order chi connectivity index (χ0) is 21.1. The Morgan fingerprint density at radius 2 is 1.53 bits per heavy atom. The van der Waals surface area contributed by atoms with Gasteiger partial charge in [0.1, 0.15) is 18.1 Å². The van der Waals surface area contributed by atoms with E-state index < -0.39 is 17.8 Å². The molecule has 3 aromatic rings. The van der Waals surface area contributed by atoms with E-state index in [9.17, 15) is 9.59 Å². The second kappa shape index (κ2) is 8.41. The molecule has 0 spiro atoms. The lowest BCUT2D eigenvalue weighted by molar-refractivity contribution is -0.147. The van der Waals surface area contributed by atoms with Crippen LogP contribution in [0.25, 0.3) is 0 Å². The molecule has 0 saturated heterocycles. The van der Waals surface area contributed by atoms with Crippen LogP contribution in [0.3, 0.4) is 0 Å². The first-order valence-electron chi connectivity index (χ1n) is 9.69. The van der Waals surface area contributed by atoms with E-state index in [4.69, 9.17) is 14.2 Å². The molecule has 0 amide bonds. The molecule has 2 atom stereocenters. The van der Waals surface area contributed by atoms with Crippen molar-refractivity contribution in [1.82, 2.24) is 0 Å². The highest BCUT2D eigenvalue weighted by molar-refractivity contribution is 6.11. The Morgan fingerprint density at radius 3 is 2.20 bits per heavy atom. The van der Waals surface area contributed by atoms with E-state index in [1.54, 1.807) is 44.6 Å². The SMILES string of the molecule is COc1ccc(C2C(=O)c3cc(OC)ccc3C2C(=O)OCc2ccccc2)cc1. The van der Waals surface area contributed by atoms with Crippen LogP contribution in [0.2, 0.25) is 0 Å². The number of hydrogen-bond acceptors (Lipinski definition) is 5. The Balaban J connectivity index is 1.69. The van der Waals surface area contributed by atoms with Gasteiger partial charge in [-0.2, -0.15) is 0 Å². The van der Waals surface area contributed by atoms with E-state index >= 15 is 0 Å². The van der Waals surface area contributed by atoms with Crippen molar-refractivity contribution in [3.8, 4) is 11.5 Å². The van der Waals surface area contributed by atoms with Gasteiger partial charge in [0.25, 0.3) is 0 Å². The van der Waals surface area contributed by atoms with Crippen LogP contribution in [0.4, 0.5) is 0 Å². The molecule has 0 saturated carbocycles. The lowest BCUT2D eigenvalue weighted by Gasteiger charge is -2.19. The summed E-state index contributed by atoms with van der Waals surface area (Å²) in [6, 6.07) is 21.9. The van der Waals surface area contributed by atoms with Crippen molar-refractivity contribution >= 4 is 11.8 Å². The van der Waals surface area contributed by atoms with Crippen LogP contribution in [0.5, 0.6) is 11.5 Å². The van der Waals surface area contributed by atoms with Crippen LogP contribution in [0.15, 0.2) is 72.8 Å². The smallest absolute Gasteiger partial charge is 0.314 e. The Labute approximate surface area is 175 Å². The minimum Gasteiger partial charge on any atom is -0.497 e. The zero-order valence-corrected chi connectivity index (χ0v) is 16.8. The summed E-state index contributed by atoms with van der Waals surface area (Å²) < 4.78 is 16.1. The number of methoxy groups -OCH3 is 2. The van der Waals surface area contributed by atoms with Crippen LogP contribution in [-0.2, 0) is 16.1 Å². The highest BCUT2D eigenvalue weighted by Gasteiger charge is 2.45. The van der Waals surface area contributed by atoms with Crippen molar-refractivity contribution in [2.24, 2.45) is 0 Å². The summed E-state index contributed by atoms with van der Waals surface area (Å²) in [7, 11) is 3.13. The first kappa shape index (κ1) is 19.7. The Morgan fingerprint density at radius 1 is 0.867 bits per heavy atom. The maximum atomic E-state index is 13.3. The van der Waals surface area contributed by atoms with E-state index in [0.29, 0.717) is 22.6 Å². The second-order valence-electron chi connectivity index (χ2n) is 7.14. The molecule has 3 aromatic carbocycles. The number of fused-ring (bicyclic) bond motifs is 1. The fourth-order valence-electron chi connectivity index (χ4n) is 3.88. The number of Topliss-reactive ketones (excluding diaryl/α,β-unsaturated/α-hetero) is 1. The largest absolute Gasteiger partial charge is 0.497 e. The third kappa shape index (κ3) is 3.66. The summed E-state index contributed by atoms with van der Waals surface area (Å²) in [6.45, 7) is 0.158. The van der Waals surface area contributed by atoms with Gasteiger partial charge in [0.05, 0.1) is 26.1 Å². The number of carbonyl (C=O) groups excluding carboxylic acids is 2. The Hall–Kier alpha value is -3.60. The van der Waals surface area contributed by atoms with E-state index in [1.807, 2.05) is 42.5 Å². The molecule has 0 heterocycles. The minimum atomic E-state index is -0.712. The molecule has 0 fully saturated rings. The van der Waals surface area contributed by atoms with Crippen molar-refractivity contribution in [3.63, 3.8) is 0 Å². The molecule has 0 N–H and O–H groups in total. The van der Waals surface area contributed by atoms with Crippen LogP contribution in [0.1, 0.15) is 38.9 Å². The van der Waals surface area contributed by atoms with Gasteiger partial charge < -0.3 is 14.2 Å². The average molecular weight is 402 g/mol. The zero-order valence-electron chi connectivity index (χ0n) is 16.8. The summed E-state index contributed by atoms with van der Waals surface area (Å²) in [5, 5.41) is 0. The number of esters is 1. The molecule has 0 bridgehead atoms. The van der Waals surface area contributed by atoms with Crippen LogP contribution >= 0.6 is 0 Å². The molecule has 0 aromatic heterocycles. The Bertz CT molecular complexity index is 1060. The van der Waals surface area contributed by atoms with E-state index in [1.165, 1.54) is 0 Å². The van der Waals surface area contributed by atoms with Gasteiger partial charge in [0.2, 0.25) is 0 Å². The quantitative estimate of drug-likeness (QED) is 0.568. The summed E-state index contributed by atoms with van der Waals surface area (Å²) in [4.78, 5) is 26.5. The van der Waals surface area contributed by atoms with Crippen LogP contribution in [-0.4, -0.2) is 26.0 Å². The molecule has 5 heteroatoms. The van der Waals surface area contributed by atoms with Crippen molar-refractivity contribution in [3.05, 3.63) is 95.1 Å². The highest BCUT2D eigenvalue weighted by Crippen LogP contribution is 2.46. The molecule has 0 radical (unpaired) electrons. The maximum Gasteiger partial charge on any atom is 0.314 e. The van der Waals surface area contributed by atoms with Crippen molar-refractivity contribution in [1.29, 1.82) is 0 Å². The number of benzene rings is 3. The molecule has 152 valence electrons. The maximum absolute atomic E-state index is 13.3. The van der Waals surface area contributed by atoms with E-state index in [-0.39, 0.29) is 12.4 Å². The average Bonchev–Trinajstić information content (AvgIpc) is 3.10. The molecule has 5 nitrogen and oxygen atoms in total. The molecule has 4 rings (SSSR count). The van der Waals surface area contributed by atoms with Gasteiger partial charge in [-0.15, -0.1) is 0 Å². The first-order chi connectivity index (χ1) is 14.6. The van der Waals surface area contributed by atoms with Gasteiger partial charge in [-0.1, -0.05) is 48.5 Å². The predicted octanol–water partition coefficient (Wildman–Crippen LogP) is 4.51. The predicted molar refractivity (Wildman–Crippen MR) is 112 cm³/mol. The van der Waals surface area contributed by atoms with Gasteiger partial charge in [-0.05, 0) is 41.0 Å². The molecule has 1 aliphatic rings. The standard InChI is InChI=1S/C25H22O5/c1-28-18-10-8-17(9-11-18)22-23(25(27)30-15-16-6-4-3-5-7-16)20-13-12-19(29-2)14-21(20)24(22)26/h3-14,22-23H,15H2,1-2H3. The van der Waals surface area contributed by atoms with Crippen molar-refractivity contribution in [2.75, 3.05) is 14.2 Å². The van der Waals surface area contributed by atoms with Gasteiger partial charge >= 0.3 is 5.97 Å². The number of ether oxygens (including phenoxy) is 3. The van der Waals surface area contributed by atoms with E-state index in [0.717, 1.165) is 11.1 Å². The minimum absolute atomic E-state index is 0.115. The fraction of sp³-hybridized carbons (Fsp3) is 0.200. The molecule has 30 heavy (non-hydrogen) atoms. The lowest BCUT2D eigenvalue weighted by atomic mass is 9.86. The molecular weight excluding hydrogens is 380 g/mol. The first-order valence-corrected chi connectivity index (χ1v) is 9.69. The summed E-state index contributed by atoms with van der Waals surface area (Å²) in [5.74, 6) is -0.634. The second-order valence-corrected chi connectivity index (χ2v) is 7.14. The molecule has 0 aliphatic heterocycles. The normalized spacial score (nSPS) is 17.3. The summed E-state index contributed by atoms with van der Waals surface area (Å²) in [6.07, 6.45) is 0. The highest BCUT2D eigenvalue weighted by atomic mass is 16.5. The van der Waals surface area contributed by atoms with Gasteiger partial charge in [-0.25, -0.2) is 0 Å². The number of carbonyl (C=O) groups is 2. The fourth-order valence-corrected chi connectivity index (χ4v) is 3.88. The number of ketones is 1. The summed E-state index contributed by atoms with van der Waals surface area (Å²) >= 11 is 0. The van der Waals surface area contributed by atoms with Crippen molar-refractivity contribution in [2.45, 2.75) is 18.4 Å². The lowest BCUT2D eigenvalue weighted by Crippen LogP contribution is -2.21. The molecule has 1 aliphatic carbocycles. The van der Waals surface area contributed by atoms with Gasteiger partial charge in [0, 0.05) is 5.56 Å². The topological polar surface area (TPSA) is 61.8 Å². The van der Waals surface area contributed by atoms with Gasteiger partial charge in [-0.3, -0.25) is 9.59 Å². The van der Waals surface area contributed by atoms with Crippen LogP contribution < -0.4 is 9.47 Å². The monoisotopic (exact) mass is 402 g/mol. The third-order valence-corrected chi connectivity index (χ3v) is 5.43. The molecular formula is C25H22O5. The third-order valence-electron chi connectivity index (χ3n) is 5.43. The summed E-state index contributed by atoms with van der Waals surface area (Å²) in [5.41, 5.74) is 2.81.